The number of carbonyl (C=O) groups is 1. The Morgan fingerprint density at radius 3 is 2.26 bits per heavy atom. The average molecular weight is 323 g/mol. The summed E-state index contributed by atoms with van der Waals surface area (Å²) < 4.78 is 16.0. The number of hydrogen-bond acceptors (Lipinski definition) is 4. The molecular weight excluding hydrogens is 294 g/mol. The van der Waals surface area contributed by atoms with Crippen molar-refractivity contribution < 1.29 is 19.0 Å². The van der Waals surface area contributed by atoms with E-state index < -0.39 is 6.09 Å². The Labute approximate surface area is 139 Å². The lowest BCUT2D eigenvalue weighted by atomic mass is 10.00. The molecule has 5 nitrogen and oxygen atoms in total. The molecule has 0 bridgehead atoms. The number of methoxy groups -OCH3 is 2. The van der Waals surface area contributed by atoms with Crippen LogP contribution in [0.2, 0.25) is 0 Å². The monoisotopic (exact) mass is 323 g/mol. The summed E-state index contributed by atoms with van der Waals surface area (Å²) in [4.78, 5) is 10.8. The van der Waals surface area contributed by atoms with Gasteiger partial charge in [-0.3, -0.25) is 0 Å². The lowest BCUT2D eigenvalue weighted by molar-refractivity contribution is 0.116. The molecule has 1 aromatic rings. The predicted octanol–water partition coefficient (Wildman–Crippen LogP) is 3.85. The second kappa shape index (κ2) is 9.98. The van der Waals surface area contributed by atoms with Crippen LogP contribution >= 0.6 is 0 Å². The molecule has 23 heavy (non-hydrogen) atoms. The first kappa shape index (κ1) is 19.1. The van der Waals surface area contributed by atoms with E-state index in [4.69, 9.17) is 19.9 Å². The van der Waals surface area contributed by atoms with Gasteiger partial charge in [0.2, 0.25) is 0 Å². The van der Waals surface area contributed by atoms with Gasteiger partial charge in [-0.25, -0.2) is 4.79 Å². The van der Waals surface area contributed by atoms with Gasteiger partial charge in [0, 0.05) is 12.0 Å². The molecule has 130 valence electrons. The summed E-state index contributed by atoms with van der Waals surface area (Å²) in [6.45, 7) is 4.00. The first-order valence-corrected chi connectivity index (χ1v) is 8.21. The van der Waals surface area contributed by atoms with Gasteiger partial charge in [0.15, 0.2) is 0 Å². The molecule has 1 atom stereocenters. The molecule has 0 saturated heterocycles. The Morgan fingerprint density at radius 1 is 1.09 bits per heavy atom. The van der Waals surface area contributed by atoms with Crippen LogP contribution in [-0.4, -0.2) is 26.4 Å². The molecule has 0 aliphatic rings. The number of benzene rings is 1. The zero-order valence-corrected chi connectivity index (χ0v) is 14.7. The molecule has 0 aliphatic heterocycles. The number of aryl methyl sites for hydroxylation is 1. The molecule has 5 heteroatoms. The molecule has 0 radical (unpaired) electrons. The second-order valence-electron chi connectivity index (χ2n) is 5.74. The van der Waals surface area contributed by atoms with Crippen LogP contribution in [0.25, 0.3) is 0 Å². The minimum absolute atomic E-state index is 0.318. The average Bonchev–Trinajstić information content (AvgIpc) is 2.51. The van der Waals surface area contributed by atoms with Crippen LogP contribution < -0.4 is 15.2 Å². The largest absolute Gasteiger partial charge is 0.496 e. The maximum absolute atomic E-state index is 10.8. The highest BCUT2D eigenvalue weighted by Crippen LogP contribution is 2.31. The summed E-state index contributed by atoms with van der Waals surface area (Å²) in [7, 11) is 3.32. The number of hydrogen-bond donors (Lipinski definition) is 1. The van der Waals surface area contributed by atoms with Gasteiger partial charge in [-0.05, 0) is 37.5 Å². The maximum atomic E-state index is 10.8. The summed E-state index contributed by atoms with van der Waals surface area (Å²) in [5.41, 5.74) is 7.15. The van der Waals surface area contributed by atoms with Crippen molar-refractivity contribution in [2.45, 2.75) is 58.5 Å². The molecule has 2 N–H and O–H groups in total. The van der Waals surface area contributed by atoms with E-state index in [9.17, 15) is 4.79 Å². The SMILES string of the molecule is CCCCCCc1cc(OC)c(CC(C)OC(N)=O)cc1OC. The molecule has 1 aromatic carbocycles. The molecule has 1 rings (SSSR count). The number of rotatable bonds is 10. The first-order chi connectivity index (χ1) is 11.0. The number of amides is 1. The number of carbonyl (C=O) groups excluding carboxylic acids is 1. The van der Waals surface area contributed by atoms with Crippen LogP contribution in [-0.2, 0) is 17.6 Å². The maximum Gasteiger partial charge on any atom is 0.404 e. The smallest absolute Gasteiger partial charge is 0.404 e. The zero-order chi connectivity index (χ0) is 17.2. The van der Waals surface area contributed by atoms with Crippen molar-refractivity contribution in [1.82, 2.24) is 0 Å². The third-order valence-electron chi connectivity index (χ3n) is 3.81. The topological polar surface area (TPSA) is 70.8 Å². The van der Waals surface area contributed by atoms with E-state index in [1.54, 1.807) is 21.1 Å². The van der Waals surface area contributed by atoms with Crippen molar-refractivity contribution >= 4 is 6.09 Å². The Kier molecular flexibility index (Phi) is 8.30. The van der Waals surface area contributed by atoms with Gasteiger partial charge in [-0.15, -0.1) is 0 Å². The minimum atomic E-state index is -0.768. The summed E-state index contributed by atoms with van der Waals surface area (Å²) in [6, 6.07) is 3.99. The van der Waals surface area contributed by atoms with Gasteiger partial charge in [-0.1, -0.05) is 26.2 Å². The number of nitrogens with two attached hydrogens (primary N) is 1. The first-order valence-electron chi connectivity index (χ1n) is 8.21. The van der Waals surface area contributed by atoms with Crippen LogP contribution in [0, 0.1) is 0 Å². The Morgan fingerprint density at radius 2 is 1.70 bits per heavy atom. The Hall–Kier alpha value is -1.91. The van der Waals surface area contributed by atoms with Crippen LogP contribution in [0.3, 0.4) is 0 Å². The number of ether oxygens (including phenoxy) is 3. The second-order valence-corrected chi connectivity index (χ2v) is 5.74. The fraction of sp³-hybridized carbons (Fsp3) is 0.611. The number of primary amides is 1. The van der Waals surface area contributed by atoms with Crippen LogP contribution in [0.15, 0.2) is 12.1 Å². The van der Waals surface area contributed by atoms with Gasteiger partial charge in [0.1, 0.15) is 17.6 Å². The molecule has 0 saturated carbocycles. The highest BCUT2D eigenvalue weighted by molar-refractivity contribution is 5.64. The van der Waals surface area contributed by atoms with Crippen LogP contribution in [0.5, 0.6) is 11.5 Å². The zero-order valence-electron chi connectivity index (χ0n) is 14.7. The normalized spacial score (nSPS) is 11.8. The standard InChI is InChI=1S/C18H29NO4/c1-5-6-7-8-9-14-11-17(22-4)15(12-16(14)21-3)10-13(2)23-18(19)20/h11-13H,5-10H2,1-4H3,(H2,19,20). The third-order valence-corrected chi connectivity index (χ3v) is 3.81. The van der Waals surface area contributed by atoms with Gasteiger partial charge >= 0.3 is 6.09 Å². The predicted molar refractivity (Wildman–Crippen MR) is 91.2 cm³/mol. The van der Waals surface area contributed by atoms with Crippen LogP contribution in [0.1, 0.15) is 50.7 Å². The third kappa shape index (κ3) is 6.38. The lowest BCUT2D eigenvalue weighted by Crippen LogP contribution is -2.22. The summed E-state index contributed by atoms with van der Waals surface area (Å²) in [6.07, 6.45) is 5.22. The fourth-order valence-electron chi connectivity index (χ4n) is 2.67. The lowest BCUT2D eigenvalue weighted by Gasteiger charge is -2.17. The molecule has 0 heterocycles. The Bertz CT molecular complexity index is 502. The van der Waals surface area contributed by atoms with Gasteiger partial charge in [0.25, 0.3) is 0 Å². The summed E-state index contributed by atoms with van der Waals surface area (Å²) in [5.74, 6) is 1.64. The van der Waals surface area contributed by atoms with E-state index in [0.29, 0.717) is 6.42 Å². The molecule has 0 spiro atoms. The van der Waals surface area contributed by atoms with E-state index in [1.807, 2.05) is 12.1 Å². The van der Waals surface area contributed by atoms with Crippen LogP contribution in [0.4, 0.5) is 4.79 Å². The van der Waals surface area contributed by atoms with Gasteiger partial charge < -0.3 is 19.9 Å². The highest BCUT2D eigenvalue weighted by atomic mass is 16.6. The summed E-state index contributed by atoms with van der Waals surface area (Å²) in [5, 5.41) is 0. The van der Waals surface area contributed by atoms with E-state index in [2.05, 4.69) is 6.92 Å². The van der Waals surface area contributed by atoms with E-state index >= 15 is 0 Å². The van der Waals surface area contributed by atoms with Crippen molar-refractivity contribution in [3.63, 3.8) is 0 Å². The van der Waals surface area contributed by atoms with Gasteiger partial charge in [-0.2, -0.15) is 0 Å². The number of unbranched alkanes of at least 4 members (excludes halogenated alkanes) is 3. The van der Waals surface area contributed by atoms with Crippen molar-refractivity contribution in [1.29, 1.82) is 0 Å². The molecule has 1 amide bonds. The van der Waals surface area contributed by atoms with Crippen molar-refractivity contribution in [2.24, 2.45) is 5.73 Å². The molecular formula is C18H29NO4. The molecule has 0 aromatic heterocycles. The van der Waals surface area contributed by atoms with E-state index in [1.165, 1.54) is 19.3 Å². The van der Waals surface area contributed by atoms with Crippen molar-refractivity contribution in [3.05, 3.63) is 23.3 Å². The Balaban J connectivity index is 2.89. The minimum Gasteiger partial charge on any atom is -0.496 e. The highest BCUT2D eigenvalue weighted by Gasteiger charge is 2.15. The van der Waals surface area contributed by atoms with Gasteiger partial charge in [0.05, 0.1) is 14.2 Å². The van der Waals surface area contributed by atoms with Crippen molar-refractivity contribution in [3.8, 4) is 11.5 Å². The van der Waals surface area contributed by atoms with Crippen molar-refractivity contribution in [2.75, 3.05) is 14.2 Å². The van der Waals surface area contributed by atoms with E-state index in [0.717, 1.165) is 35.5 Å². The molecule has 1 unspecified atom stereocenters. The molecule has 0 fully saturated rings. The van der Waals surface area contributed by atoms with E-state index in [-0.39, 0.29) is 6.10 Å². The fourth-order valence-corrected chi connectivity index (χ4v) is 2.67. The quantitative estimate of drug-likeness (QED) is 0.664. The molecule has 0 aliphatic carbocycles. The summed E-state index contributed by atoms with van der Waals surface area (Å²) >= 11 is 0.